The van der Waals surface area contributed by atoms with Crippen LogP contribution < -0.4 is 0 Å². The molecule has 0 radical (unpaired) electrons. The van der Waals surface area contributed by atoms with Crippen molar-refractivity contribution in [3.63, 3.8) is 0 Å². The number of nitrogens with zero attached hydrogens (tertiary/aromatic N) is 1. The number of rotatable bonds is 5. The number of hydrogen-bond acceptors (Lipinski definition) is 1. The van der Waals surface area contributed by atoms with Gasteiger partial charge < -0.3 is 4.90 Å². The summed E-state index contributed by atoms with van der Waals surface area (Å²) in [7, 11) is 2.06. The number of unbranched alkanes of at least 4 members (excludes halogenated alkanes) is 1. The van der Waals surface area contributed by atoms with Crippen LogP contribution in [0.2, 0.25) is 0 Å². The molecule has 0 aliphatic heterocycles. The monoisotopic (exact) mass is 273 g/mol. The highest BCUT2D eigenvalue weighted by molar-refractivity contribution is 9.10. The fourth-order valence-corrected chi connectivity index (χ4v) is 2.03. The van der Waals surface area contributed by atoms with Crippen molar-refractivity contribution in [2.24, 2.45) is 0 Å². The molecule has 84 valence electrons. The van der Waals surface area contributed by atoms with Crippen LogP contribution in [-0.2, 0) is 6.54 Å². The summed E-state index contributed by atoms with van der Waals surface area (Å²) in [5.41, 5.74) is 1.01. The Labute approximate surface area is 99.4 Å². The van der Waals surface area contributed by atoms with Crippen LogP contribution in [-0.4, -0.2) is 18.5 Å². The highest BCUT2D eigenvalue weighted by Crippen LogP contribution is 2.16. The van der Waals surface area contributed by atoms with Crippen molar-refractivity contribution in [2.75, 3.05) is 13.6 Å². The quantitative estimate of drug-likeness (QED) is 0.789. The molecular weight excluding hydrogens is 257 g/mol. The van der Waals surface area contributed by atoms with Gasteiger partial charge in [0.05, 0.1) is 0 Å². The molecule has 1 nitrogen and oxygen atoms in total. The van der Waals surface area contributed by atoms with E-state index in [9.17, 15) is 4.39 Å². The summed E-state index contributed by atoms with van der Waals surface area (Å²) in [6, 6.07) is 5.04. The molecule has 0 saturated heterocycles. The lowest BCUT2D eigenvalue weighted by molar-refractivity contribution is 0.320. The summed E-state index contributed by atoms with van der Waals surface area (Å²) in [6.07, 6.45) is 2.38. The largest absolute Gasteiger partial charge is 0.302 e. The van der Waals surface area contributed by atoms with E-state index < -0.39 is 0 Å². The van der Waals surface area contributed by atoms with Gasteiger partial charge in [-0.1, -0.05) is 29.3 Å². The minimum atomic E-state index is -0.178. The zero-order valence-electron chi connectivity index (χ0n) is 9.26. The third-order valence-corrected chi connectivity index (χ3v) is 2.73. The van der Waals surface area contributed by atoms with E-state index in [1.54, 1.807) is 6.07 Å². The fraction of sp³-hybridized carbons (Fsp3) is 0.500. The van der Waals surface area contributed by atoms with Gasteiger partial charge in [0.1, 0.15) is 5.82 Å². The minimum Gasteiger partial charge on any atom is -0.302 e. The van der Waals surface area contributed by atoms with E-state index in [-0.39, 0.29) is 5.82 Å². The van der Waals surface area contributed by atoms with Crippen LogP contribution in [0, 0.1) is 5.82 Å². The SMILES string of the molecule is CCCCN(C)Cc1cc(F)cc(Br)c1. The summed E-state index contributed by atoms with van der Waals surface area (Å²) in [5.74, 6) is -0.178. The van der Waals surface area contributed by atoms with Crippen LogP contribution in [0.4, 0.5) is 4.39 Å². The van der Waals surface area contributed by atoms with Crippen LogP contribution in [0.15, 0.2) is 22.7 Å². The fourth-order valence-electron chi connectivity index (χ4n) is 1.52. The van der Waals surface area contributed by atoms with Crippen molar-refractivity contribution in [3.8, 4) is 0 Å². The molecule has 1 rings (SSSR count). The standard InChI is InChI=1S/C12H17BrFN/c1-3-4-5-15(2)9-10-6-11(13)8-12(14)7-10/h6-8H,3-5,9H2,1-2H3. The van der Waals surface area contributed by atoms with E-state index >= 15 is 0 Å². The Hall–Kier alpha value is -0.410. The Morgan fingerprint density at radius 3 is 2.67 bits per heavy atom. The summed E-state index contributed by atoms with van der Waals surface area (Å²) >= 11 is 3.30. The average molecular weight is 274 g/mol. The van der Waals surface area contributed by atoms with Crippen molar-refractivity contribution in [2.45, 2.75) is 26.3 Å². The van der Waals surface area contributed by atoms with Gasteiger partial charge in [-0.2, -0.15) is 0 Å². The van der Waals surface area contributed by atoms with Crippen molar-refractivity contribution in [3.05, 3.63) is 34.1 Å². The van der Waals surface area contributed by atoms with Crippen molar-refractivity contribution < 1.29 is 4.39 Å². The van der Waals surface area contributed by atoms with Gasteiger partial charge in [0.2, 0.25) is 0 Å². The van der Waals surface area contributed by atoms with Crippen LogP contribution in [0.5, 0.6) is 0 Å². The van der Waals surface area contributed by atoms with Crippen molar-refractivity contribution in [1.29, 1.82) is 0 Å². The Kier molecular flexibility index (Phi) is 5.26. The summed E-state index contributed by atoms with van der Waals surface area (Å²) in [5, 5.41) is 0. The van der Waals surface area contributed by atoms with Gasteiger partial charge in [-0.05, 0) is 43.8 Å². The zero-order valence-corrected chi connectivity index (χ0v) is 10.8. The minimum absolute atomic E-state index is 0.178. The molecule has 0 fully saturated rings. The van der Waals surface area contributed by atoms with Gasteiger partial charge in [0.15, 0.2) is 0 Å². The first-order valence-corrected chi connectivity index (χ1v) is 6.04. The second kappa shape index (κ2) is 6.23. The van der Waals surface area contributed by atoms with Crippen molar-refractivity contribution in [1.82, 2.24) is 4.90 Å². The van der Waals surface area contributed by atoms with Crippen LogP contribution in [0.25, 0.3) is 0 Å². The highest BCUT2D eigenvalue weighted by atomic mass is 79.9. The molecule has 3 heteroatoms. The molecule has 0 spiro atoms. The molecule has 0 bridgehead atoms. The molecule has 1 aromatic rings. The van der Waals surface area contributed by atoms with E-state index in [0.717, 1.165) is 23.1 Å². The molecule has 1 aromatic carbocycles. The molecule has 0 aliphatic rings. The highest BCUT2D eigenvalue weighted by Gasteiger charge is 2.02. The van der Waals surface area contributed by atoms with Crippen molar-refractivity contribution >= 4 is 15.9 Å². The average Bonchev–Trinajstić information content (AvgIpc) is 2.13. The molecular formula is C12H17BrFN. The topological polar surface area (TPSA) is 3.24 Å². The zero-order chi connectivity index (χ0) is 11.3. The van der Waals surface area contributed by atoms with E-state index in [2.05, 4.69) is 34.8 Å². The van der Waals surface area contributed by atoms with Gasteiger partial charge in [-0.25, -0.2) is 4.39 Å². The third kappa shape index (κ3) is 4.76. The lowest BCUT2D eigenvalue weighted by atomic mass is 10.2. The Morgan fingerprint density at radius 1 is 1.33 bits per heavy atom. The van der Waals surface area contributed by atoms with E-state index in [1.165, 1.54) is 18.9 Å². The van der Waals surface area contributed by atoms with Gasteiger partial charge in [0, 0.05) is 11.0 Å². The molecule has 0 aliphatic carbocycles. The lowest BCUT2D eigenvalue weighted by Crippen LogP contribution is -2.18. The Bertz CT molecular complexity index is 294. The molecule has 0 N–H and O–H groups in total. The summed E-state index contributed by atoms with van der Waals surface area (Å²) < 4.78 is 13.9. The maximum absolute atomic E-state index is 13.1. The van der Waals surface area contributed by atoms with E-state index in [1.807, 2.05) is 6.07 Å². The summed E-state index contributed by atoms with van der Waals surface area (Å²) in [4.78, 5) is 2.21. The Balaban J connectivity index is 2.56. The molecule has 0 amide bonds. The first-order valence-electron chi connectivity index (χ1n) is 5.25. The van der Waals surface area contributed by atoms with Crippen LogP contribution >= 0.6 is 15.9 Å². The molecule has 15 heavy (non-hydrogen) atoms. The second-order valence-corrected chi connectivity index (χ2v) is 4.78. The van der Waals surface area contributed by atoms with E-state index in [0.29, 0.717) is 0 Å². The predicted molar refractivity (Wildman–Crippen MR) is 65.3 cm³/mol. The molecule has 0 unspecified atom stereocenters. The number of halogens is 2. The normalized spacial score (nSPS) is 11.0. The second-order valence-electron chi connectivity index (χ2n) is 3.87. The van der Waals surface area contributed by atoms with Crippen LogP contribution in [0.3, 0.4) is 0 Å². The van der Waals surface area contributed by atoms with E-state index in [4.69, 9.17) is 0 Å². The molecule has 0 aromatic heterocycles. The first-order chi connectivity index (χ1) is 7.11. The third-order valence-electron chi connectivity index (χ3n) is 2.27. The molecule has 0 saturated carbocycles. The van der Waals surface area contributed by atoms with Crippen LogP contribution in [0.1, 0.15) is 25.3 Å². The maximum atomic E-state index is 13.1. The Morgan fingerprint density at radius 2 is 2.07 bits per heavy atom. The molecule has 0 heterocycles. The number of hydrogen-bond donors (Lipinski definition) is 0. The number of benzene rings is 1. The van der Waals surface area contributed by atoms with Gasteiger partial charge in [0.25, 0.3) is 0 Å². The summed E-state index contributed by atoms with van der Waals surface area (Å²) in [6.45, 7) is 4.04. The maximum Gasteiger partial charge on any atom is 0.124 e. The van der Waals surface area contributed by atoms with Gasteiger partial charge in [-0.3, -0.25) is 0 Å². The molecule has 0 atom stereocenters. The smallest absolute Gasteiger partial charge is 0.124 e. The van der Waals surface area contributed by atoms with Gasteiger partial charge in [-0.15, -0.1) is 0 Å². The predicted octanol–water partition coefficient (Wildman–Crippen LogP) is 3.82. The first kappa shape index (κ1) is 12.7. The lowest BCUT2D eigenvalue weighted by Gasteiger charge is -2.16. The van der Waals surface area contributed by atoms with Gasteiger partial charge >= 0.3 is 0 Å².